The molecule has 66 valence electrons. The van der Waals surface area contributed by atoms with Gasteiger partial charge in [0.25, 0.3) is 0 Å². The molecule has 0 amide bonds. The van der Waals surface area contributed by atoms with E-state index < -0.39 is 0 Å². The van der Waals surface area contributed by atoms with Crippen LogP contribution in [0.1, 0.15) is 11.1 Å². The molecule has 1 rings (SSSR count). The van der Waals surface area contributed by atoms with E-state index in [4.69, 9.17) is 0 Å². The van der Waals surface area contributed by atoms with E-state index in [1.165, 1.54) is 18.3 Å². The van der Waals surface area contributed by atoms with Gasteiger partial charge < -0.3 is 0 Å². The second-order valence-electron chi connectivity index (χ2n) is 2.28. The Hall–Kier alpha value is 1.64. The van der Waals surface area contributed by atoms with Crippen molar-refractivity contribution in [3.63, 3.8) is 0 Å². The fraction of sp³-hybridized carbons (Fsp3) is 0.250. The minimum Gasteiger partial charge on any atom is -0.0876 e. The van der Waals surface area contributed by atoms with E-state index in [9.17, 15) is 0 Å². The Kier molecular flexibility index (Phi) is 5.37. The van der Waals surface area contributed by atoms with Gasteiger partial charge in [0.05, 0.1) is 0 Å². The highest BCUT2D eigenvalue weighted by molar-refractivity contribution is 14.1. The topological polar surface area (TPSA) is 0 Å². The molecule has 0 N–H and O–H groups in total. The van der Waals surface area contributed by atoms with Crippen molar-refractivity contribution in [1.29, 1.82) is 0 Å². The summed E-state index contributed by atoms with van der Waals surface area (Å²) in [7, 11) is 0. The van der Waals surface area contributed by atoms with Crippen LogP contribution in [0.5, 0.6) is 0 Å². The van der Waals surface area contributed by atoms with Crippen LogP contribution < -0.4 is 0 Å². The summed E-state index contributed by atoms with van der Waals surface area (Å²) in [6.45, 7) is 0. The van der Waals surface area contributed by atoms with Gasteiger partial charge >= 0.3 is 0 Å². The van der Waals surface area contributed by atoms with Crippen LogP contribution in [0.3, 0.4) is 0 Å². The van der Waals surface area contributed by atoms with Crippen molar-refractivity contribution >= 4 is 77.0 Å². The van der Waals surface area contributed by atoms with Crippen LogP contribution in [0, 0.1) is 7.14 Å². The number of hydrogen-bond donors (Lipinski definition) is 0. The molecule has 4 heteroatoms. The molecule has 1 aromatic carbocycles. The molecule has 0 radical (unpaired) electrons. The molecule has 0 saturated heterocycles. The summed E-state index contributed by atoms with van der Waals surface area (Å²) in [5.41, 5.74) is 2.73. The highest BCUT2D eigenvalue weighted by Crippen LogP contribution is 2.26. The SMILES string of the molecule is BrCc1ccc(CBr)c(I)c1I. The zero-order valence-electron chi connectivity index (χ0n) is 6.08. The molecule has 0 aliphatic heterocycles. The van der Waals surface area contributed by atoms with Crippen molar-refractivity contribution in [2.45, 2.75) is 10.7 Å². The zero-order valence-corrected chi connectivity index (χ0v) is 13.6. The van der Waals surface area contributed by atoms with Gasteiger partial charge in [0.1, 0.15) is 0 Å². The van der Waals surface area contributed by atoms with Gasteiger partial charge in [-0.1, -0.05) is 44.0 Å². The lowest BCUT2D eigenvalue weighted by Crippen LogP contribution is -1.93. The van der Waals surface area contributed by atoms with Crippen LogP contribution in [-0.4, -0.2) is 0 Å². The van der Waals surface area contributed by atoms with Crippen molar-refractivity contribution in [3.05, 3.63) is 30.4 Å². The molecule has 0 aliphatic carbocycles. The van der Waals surface area contributed by atoms with Crippen LogP contribution in [0.2, 0.25) is 0 Å². The van der Waals surface area contributed by atoms with E-state index in [1.54, 1.807) is 0 Å². The van der Waals surface area contributed by atoms with Crippen molar-refractivity contribution in [2.24, 2.45) is 0 Å². The molecule has 0 heterocycles. The van der Waals surface area contributed by atoms with E-state index in [-0.39, 0.29) is 0 Å². The predicted octanol–water partition coefficient (Wildman–Crippen LogP) is 4.69. The standard InChI is InChI=1S/C8H6Br2I2/c9-3-5-1-2-6(4-10)8(12)7(5)11/h1-2H,3-4H2. The van der Waals surface area contributed by atoms with Gasteiger partial charge in [-0.05, 0) is 56.3 Å². The van der Waals surface area contributed by atoms with Gasteiger partial charge in [-0.2, -0.15) is 0 Å². The van der Waals surface area contributed by atoms with Gasteiger partial charge in [0, 0.05) is 17.8 Å². The van der Waals surface area contributed by atoms with Crippen LogP contribution in [0.25, 0.3) is 0 Å². The Bertz CT molecular complexity index is 258. The molecule has 0 atom stereocenters. The molecule has 0 nitrogen and oxygen atoms in total. The maximum atomic E-state index is 3.47. The molecule has 0 saturated carbocycles. The number of hydrogen-bond acceptors (Lipinski definition) is 0. The quantitative estimate of drug-likeness (QED) is 0.396. The summed E-state index contributed by atoms with van der Waals surface area (Å²) >= 11 is 11.7. The Balaban J connectivity index is 3.20. The van der Waals surface area contributed by atoms with Crippen molar-refractivity contribution in [3.8, 4) is 0 Å². The average Bonchev–Trinajstić information content (AvgIpc) is 2.10. The summed E-state index contributed by atoms with van der Waals surface area (Å²) in [5, 5.41) is 1.87. The smallest absolute Gasteiger partial charge is 0.0307 e. The van der Waals surface area contributed by atoms with Crippen LogP contribution in [0.4, 0.5) is 0 Å². The molecule has 0 fully saturated rings. The summed E-state index contributed by atoms with van der Waals surface area (Å²) < 4.78 is 2.73. The third-order valence-corrected chi connectivity index (χ3v) is 6.23. The highest BCUT2D eigenvalue weighted by atomic mass is 127. The maximum Gasteiger partial charge on any atom is 0.0307 e. The monoisotopic (exact) mass is 514 g/mol. The van der Waals surface area contributed by atoms with Gasteiger partial charge in [-0.3, -0.25) is 0 Å². The second-order valence-corrected chi connectivity index (χ2v) is 5.56. The lowest BCUT2D eigenvalue weighted by molar-refractivity contribution is 1.30. The van der Waals surface area contributed by atoms with Crippen LogP contribution in [-0.2, 0) is 10.7 Å². The van der Waals surface area contributed by atoms with Gasteiger partial charge in [-0.15, -0.1) is 0 Å². The van der Waals surface area contributed by atoms with E-state index in [0.717, 1.165) is 10.7 Å². The first kappa shape index (κ1) is 11.7. The fourth-order valence-corrected chi connectivity index (χ4v) is 4.25. The third kappa shape index (κ3) is 2.57. The molecule has 0 aromatic heterocycles. The summed E-state index contributed by atoms with van der Waals surface area (Å²) in [5.74, 6) is 0. The first-order chi connectivity index (χ1) is 5.70. The lowest BCUT2D eigenvalue weighted by atomic mass is 10.2. The molecular weight excluding hydrogens is 510 g/mol. The summed E-state index contributed by atoms with van der Waals surface area (Å²) in [6.07, 6.45) is 0. The molecule has 0 unspecified atom stereocenters. The fourth-order valence-electron chi connectivity index (χ4n) is 0.836. The molecule has 0 bridgehead atoms. The molecule has 1 aromatic rings. The first-order valence-corrected chi connectivity index (χ1v) is 7.68. The Morgan fingerprint density at radius 2 is 1.25 bits per heavy atom. The number of benzene rings is 1. The van der Waals surface area contributed by atoms with Gasteiger partial charge in [0.2, 0.25) is 0 Å². The van der Waals surface area contributed by atoms with Gasteiger partial charge in [0.15, 0.2) is 0 Å². The second kappa shape index (κ2) is 5.50. The molecule has 0 spiro atoms. The minimum absolute atomic E-state index is 0.934. The Labute approximate surface area is 116 Å². The van der Waals surface area contributed by atoms with E-state index in [0.29, 0.717) is 0 Å². The third-order valence-electron chi connectivity index (χ3n) is 1.53. The molecule has 0 aliphatic rings. The number of halogens is 4. The van der Waals surface area contributed by atoms with Gasteiger partial charge in [-0.25, -0.2) is 0 Å². The lowest BCUT2D eigenvalue weighted by Gasteiger charge is -2.06. The van der Waals surface area contributed by atoms with Crippen molar-refractivity contribution < 1.29 is 0 Å². The van der Waals surface area contributed by atoms with E-state index in [2.05, 4.69) is 89.2 Å². The van der Waals surface area contributed by atoms with E-state index >= 15 is 0 Å². The van der Waals surface area contributed by atoms with E-state index in [1.807, 2.05) is 0 Å². The summed E-state index contributed by atoms with van der Waals surface area (Å²) in [6, 6.07) is 4.35. The Morgan fingerprint density at radius 3 is 1.50 bits per heavy atom. The summed E-state index contributed by atoms with van der Waals surface area (Å²) in [4.78, 5) is 0. The normalized spacial score (nSPS) is 10.3. The van der Waals surface area contributed by atoms with Crippen molar-refractivity contribution in [1.82, 2.24) is 0 Å². The highest BCUT2D eigenvalue weighted by Gasteiger charge is 2.06. The average molecular weight is 516 g/mol. The maximum absolute atomic E-state index is 3.47. The van der Waals surface area contributed by atoms with Crippen molar-refractivity contribution in [2.75, 3.05) is 0 Å². The predicted molar refractivity (Wildman–Crippen MR) is 77.1 cm³/mol. The van der Waals surface area contributed by atoms with Crippen LogP contribution >= 0.6 is 77.0 Å². The largest absolute Gasteiger partial charge is 0.0876 e. The molecular formula is C8H6Br2I2. The number of rotatable bonds is 2. The zero-order chi connectivity index (χ0) is 9.14. The Morgan fingerprint density at radius 1 is 0.917 bits per heavy atom. The first-order valence-electron chi connectivity index (χ1n) is 3.28. The van der Waals surface area contributed by atoms with Crippen LogP contribution in [0.15, 0.2) is 12.1 Å². The minimum atomic E-state index is 0.934. The number of alkyl halides is 2. The molecule has 12 heavy (non-hydrogen) atoms.